The van der Waals surface area contributed by atoms with E-state index in [9.17, 15) is 28.1 Å². The first kappa shape index (κ1) is 17.3. The van der Waals surface area contributed by atoms with Crippen molar-refractivity contribution < 1.29 is 18.1 Å². The molecule has 0 aliphatic heterocycles. The maximum atomic E-state index is 12.0. The monoisotopic (exact) mass is 352 g/mol. The number of hydrogen-bond acceptors (Lipinski definition) is 6. The topological polar surface area (TPSA) is 154 Å². The third-order valence-electron chi connectivity index (χ3n) is 2.94. The smallest absolute Gasteiger partial charge is 0.285 e. The number of anilines is 1. The fourth-order valence-electron chi connectivity index (χ4n) is 1.86. The van der Waals surface area contributed by atoms with Gasteiger partial charge in [-0.15, -0.1) is 0 Å². The highest BCUT2D eigenvalue weighted by Crippen LogP contribution is 2.14. The zero-order chi connectivity index (χ0) is 17.9. The van der Waals surface area contributed by atoms with Gasteiger partial charge in [0.15, 0.2) is 0 Å². The van der Waals surface area contributed by atoms with Crippen LogP contribution in [0.15, 0.2) is 52.3 Å². The molecule has 0 atom stereocenters. The Morgan fingerprint density at radius 1 is 1.29 bits per heavy atom. The van der Waals surface area contributed by atoms with E-state index >= 15 is 0 Å². The van der Waals surface area contributed by atoms with E-state index in [1.165, 1.54) is 18.2 Å². The Morgan fingerprint density at radius 2 is 2.00 bits per heavy atom. The molecule has 0 spiro atoms. The summed E-state index contributed by atoms with van der Waals surface area (Å²) in [6, 6.07) is 7.25. The molecule has 1 heterocycles. The number of primary sulfonamides is 1. The van der Waals surface area contributed by atoms with Crippen LogP contribution in [0.25, 0.3) is 0 Å². The van der Waals surface area contributed by atoms with Crippen molar-refractivity contribution in [3.05, 3.63) is 63.1 Å². The van der Waals surface area contributed by atoms with Gasteiger partial charge in [-0.05, 0) is 18.2 Å². The van der Waals surface area contributed by atoms with Gasteiger partial charge in [0.1, 0.15) is 6.54 Å². The van der Waals surface area contributed by atoms with Crippen molar-refractivity contribution in [3.63, 3.8) is 0 Å². The molecule has 10 nitrogen and oxygen atoms in total. The van der Waals surface area contributed by atoms with Gasteiger partial charge in [-0.1, -0.05) is 6.07 Å². The second kappa shape index (κ2) is 6.60. The Balaban J connectivity index is 2.19. The third kappa shape index (κ3) is 4.24. The summed E-state index contributed by atoms with van der Waals surface area (Å²) in [5.74, 6) is -0.663. The number of nitrogens with one attached hydrogen (secondary N) is 1. The summed E-state index contributed by atoms with van der Waals surface area (Å²) in [4.78, 5) is 33.4. The summed E-state index contributed by atoms with van der Waals surface area (Å²) in [6.07, 6.45) is 0.947. The number of carbonyl (C=O) groups is 1. The lowest BCUT2D eigenvalue weighted by molar-refractivity contribution is -0.385. The van der Waals surface area contributed by atoms with Crippen LogP contribution in [0.1, 0.15) is 0 Å². The molecule has 0 unspecified atom stereocenters. The Bertz CT molecular complexity index is 966. The van der Waals surface area contributed by atoms with E-state index in [1.807, 2.05) is 0 Å². The largest absolute Gasteiger partial charge is 0.324 e. The van der Waals surface area contributed by atoms with Crippen molar-refractivity contribution in [1.82, 2.24) is 4.57 Å². The van der Waals surface area contributed by atoms with Gasteiger partial charge in [0.25, 0.3) is 11.2 Å². The van der Waals surface area contributed by atoms with Crippen LogP contribution in [0.2, 0.25) is 0 Å². The fourth-order valence-corrected chi connectivity index (χ4v) is 2.42. The molecule has 0 fully saturated rings. The predicted octanol–water partition coefficient (Wildman–Crippen LogP) is 0.0426. The molecular formula is C13H12N4O6S. The van der Waals surface area contributed by atoms with Crippen LogP contribution in [-0.2, 0) is 21.4 Å². The van der Waals surface area contributed by atoms with Crippen LogP contribution >= 0.6 is 0 Å². The summed E-state index contributed by atoms with van der Waals surface area (Å²) in [7, 11) is -3.92. The standard InChI is InChI=1S/C13H12N4O6S/c14-24(22,23)11-3-1-2-9(6-11)15-12(18)8-16-7-10(17(20)21)4-5-13(16)19/h1-7H,8H2,(H,15,18)(H2,14,22,23). The van der Waals surface area contributed by atoms with Gasteiger partial charge in [0.05, 0.1) is 16.0 Å². The van der Waals surface area contributed by atoms with Gasteiger partial charge in [0, 0.05) is 17.8 Å². The van der Waals surface area contributed by atoms with Gasteiger partial charge < -0.3 is 5.32 Å². The molecule has 11 heteroatoms. The molecule has 0 bridgehead atoms. The van der Waals surface area contributed by atoms with Gasteiger partial charge in [0.2, 0.25) is 15.9 Å². The zero-order valence-corrected chi connectivity index (χ0v) is 12.9. The Labute approximate surface area is 135 Å². The minimum Gasteiger partial charge on any atom is -0.324 e. The van der Waals surface area contributed by atoms with Gasteiger partial charge in [-0.2, -0.15) is 0 Å². The molecule has 126 valence electrons. The lowest BCUT2D eigenvalue weighted by Crippen LogP contribution is -2.27. The molecule has 1 aromatic carbocycles. The van der Waals surface area contributed by atoms with Crippen LogP contribution < -0.4 is 16.0 Å². The number of carbonyl (C=O) groups excluding carboxylic acids is 1. The van der Waals surface area contributed by atoms with Crippen molar-refractivity contribution in [3.8, 4) is 0 Å². The normalized spacial score (nSPS) is 11.0. The maximum Gasteiger partial charge on any atom is 0.285 e. The average molecular weight is 352 g/mol. The van der Waals surface area contributed by atoms with Crippen LogP contribution in [0.4, 0.5) is 11.4 Å². The molecule has 3 N–H and O–H groups in total. The molecule has 1 amide bonds. The lowest BCUT2D eigenvalue weighted by atomic mass is 10.3. The van der Waals surface area contributed by atoms with Crippen LogP contribution in [0.3, 0.4) is 0 Å². The van der Waals surface area contributed by atoms with E-state index in [1.54, 1.807) is 0 Å². The minimum absolute atomic E-state index is 0.157. The molecule has 0 aliphatic rings. The number of sulfonamides is 1. The molecule has 0 saturated heterocycles. The van der Waals surface area contributed by atoms with Crippen LogP contribution in [0, 0.1) is 10.1 Å². The van der Waals surface area contributed by atoms with Crippen LogP contribution in [-0.4, -0.2) is 23.8 Å². The van der Waals surface area contributed by atoms with E-state index in [4.69, 9.17) is 5.14 Å². The number of nitro groups is 1. The second-order valence-corrected chi connectivity index (χ2v) is 6.29. The van der Waals surface area contributed by atoms with Gasteiger partial charge in [-0.3, -0.25) is 24.3 Å². The van der Waals surface area contributed by atoms with Crippen molar-refractivity contribution >= 4 is 27.3 Å². The number of pyridine rings is 1. The minimum atomic E-state index is -3.92. The first-order valence-electron chi connectivity index (χ1n) is 6.44. The van der Waals surface area contributed by atoms with Gasteiger partial charge in [-0.25, -0.2) is 13.6 Å². The van der Waals surface area contributed by atoms with Crippen molar-refractivity contribution in [1.29, 1.82) is 0 Å². The van der Waals surface area contributed by atoms with E-state index in [0.717, 1.165) is 29.0 Å². The highest BCUT2D eigenvalue weighted by atomic mass is 32.2. The molecule has 1 aromatic heterocycles. The number of amides is 1. The Hall–Kier alpha value is -3.05. The highest BCUT2D eigenvalue weighted by molar-refractivity contribution is 7.89. The number of nitrogens with zero attached hydrogens (tertiary/aromatic N) is 2. The molecule has 0 radical (unpaired) electrons. The van der Waals surface area contributed by atoms with E-state index < -0.39 is 33.0 Å². The lowest BCUT2D eigenvalue weighted by Gasteiger charge is -2.08. The highest BCUT2D eigenvalue weighted by Gasteiger charge is 2.12. The third-order valence-corrected chi connectivity index (χ3v) is 3.85. The van der Waals surface area contributed by atoms with Gasteiger partial charge >= 0.3 is 0 Å². The number of rotatable bonds is 5. The predicted molar refractivity (Wildman–Crippen MR) is 83.8 cm³/mol. The fraction of sp³-hybridized carbons (Fsp3) is 0.0769. The molecule has 24 heavy (non-hydrogen) atoms. The summed E-state index contributed by atoms with van der Waals surface area (Å²) < 4.78 is 23.4. The Kier molecular flexibility index (Phi) is 4.76. The second-order valence-electron chi connectivity index (χ2n) is 4.73. The summed E-state index contributed by atoms with van der Waals surface area (Å²) in [6.45, 7) is -0.472. The average Bonchev–Trinajstić information content (AvgIpc) is 2.48. The zero-order valence-electron chi connectivity index (χ0n) is 12.1. The van der Waals surface area contributed by atoms with E-state index in [0.29, 0.717) is 0 Å². The molecule has 0 aliphatic carbocycles. The van der Waals surface area contributed by atoms with E-state index in [-0.39, 0.29) is 16.3 Å². The van der Waals surface area contributed by atoms with Crippen molar-refractivity contribution in [2.24, 2.45) is 5.14 Å². The molecule has 2 rings (SSSR count). The summed E-state index contributed by atoms with van der Waals surface area (Å²) in [5, 5.41) is 18.1. The maximum absolute atomic E-state index is 12.0. The first-order chi connectivity index (χ1) is 11.2. The quantitative estimate of drug-likeness (QED) is 0.572. The first-order valence-corrected chi connectivity index (χ1v) is 7.99. The SMILES string of the molecule is NS(=O)(=O)c1cccc(NC(=O)Cn2cc([N+](=O)[O-])ccc2=O)c1. The Morgan fingerprint density at radius 3 is 2.62 bits per heavy atom. The van der Waals surface area contributed by atoms with Crippen molar-refractivity contribution in [2.75, 3.05) is 5.32 Å². The number of aromatic nitrogens is 1. The molecule has 2 aromatic rings. The number of hydrogen-bond donors (Lipinski definition) is 2. The van der Waals surface area contributed by atoms with E-state index in [2.05, 4.69) is 5.32 Å². The molecule has 0 saturated carbocycles. The number of benzene rings is 1. The summed E-state index contributed by atoms with van der Waals surface area (Å²) in [5.41, 5.74) is -0.766. The van der Waals surface area contributed by atoms with Crippen LogP contribution in [0.5, 0.6) is 0 Å². The summed E-state index contributed by atoms with van der Waals surface area (Å²) >= 11 is 0. The number of nitrogens with two attached hydrogens (primary N) is 1. The molecular weight excluding hydrogens is 340 g/mol. The van der Waals surface area contributed by atoms with Crippen molar-refractivity contribution in [2.45, 2.75) is 11.4 Å².